The van der Waals surface area contributed by atoms with Crippen molar-refractivity contribution in [1.29, 1.82) is 0 Å². The maximum absolute atomic E-state index is 12.9. The highest BCUT2D eigenvalue weighted by Crippen LogP contribution is 2.39. The van der Waals surface area contributed by atoms with Crippen molar-refractivity contribution in [3.05, 3.63) is 35.9 Å². The topological polar surface area (TPSA) is 38.3 Å². The predicted octanol–water partition coefficient (Wildman–Crippen LogP) is 4.27. The molecule has 1 saturated heterocycles. The lowest BCUT2D eigenvalue weighted by Crippen LogP contribution is -2.44. The Morgan fingerprint density at radius 2 is 1.71 bits per heavy atom. The summed E-state index contributed by atoms with van der Waals surface area (Å²) in [6.45, 7) is 6.40. The van der Waals surface area contributed by atoms with Gasteiger partial charge in [-0.3, -0.25) is 4.79 Å². The van der Waals surface area contributed by atoms with Crippen molar-refractivity contribution in [2.75, 3.05) is 13.1 Å². The number of hydrogen-bond donors (Lipinski definition) is 1. The van der Waals surface area contributed by atoms with Gasteiger partial charge in [-0.2, -0.15) is 0 Å². The Hall–Kier alpha value is -1.35. The molecule has 3 nitrogen and oxygen atoms in total. The summed E-state index contributed by atoms with van der Waals surface area (Å²) in [7, 11) is 0. The van der Waals surface area contributed by atoms with Crippen LogP contribution in [0.5, 0.6) is 0 Å². The van der Waals surface area contributed by atoms with E-state index in [2.05, 4.69) is 31.3 Å². The Labute approximate surface area is 146 Å². The quantitative estimate of drug-likeness (QED) is 0.838. The van der Waals surface area contributed by atoms with Crippen LogP contribution in [-0.4, -0.2) is 19.1 Å². The third-order valence-electron chi connectivity index (χ3n) is 6.06. The van der Waals surface area contributed by atoms with Gasteiger partial charge in [-0.25, -0.2) is 0 Å². The lowest BCUT2D eigenvalue weighted by Gasteiger charge is -2.39. The Bertz CT molecular complexity index is 526. The van der Waals surface area contributed by atoms with E-state index in [4.69, 9.17) is 4.74 Å². The van der Waals surface area contributed by atoms with Crippen LogP contribution in [0.25, 0.3) is 0 Å². The number of esters is 1. The van der Waals surface area contributed by atoms with E-state index >= 15 is 0 Å². The molecule has 1 aromatic carbocycles. The Kier molecular flexibility index (Phi) is 5.60. The average Bonchev–Trinajstić information content (AvgIpc) is 2.63. The fourth-order valence-electron chi connectivity index (χ4n) is 4.32. The van der Waals surface area contributed by atoms with Gasteiger partial charge in [-0.1, -0.05) is 44.2 Å². The van der Waals surface area contributed by atoms with Crippen molar-refractivity contribution >= 4 is 5.97 Å². The van der Waals surface area contributed by atoms with Crippen LogP contribution in [0, 0.1) is 17.8 Å². The normalized spacial score (nSPS) is 27.0. The third-order valence-corrected chi connectivity index (χ3v) is 6.06. The predicted molar refractivity (Wildman–Crippen MR) is 96.6 cm³/mol. The van der Waals surface area contributed by atoms with Crippen LogP contribution in [0.3, 0.4) is 0 Å². The van der Waals surface area contributed by atoms with Gasteiger partial charge in [0.1, 0.15) is 5.60 Å². The molecule has 1 N–H and O–H groups in total. The highest BCUT2D eigenvalue weighted by atomic mass is 16.6. The summed E-state index contributed by atoms with van der Waals surface area (Å²) >= 11 is 0. The molecule has 0 aromatic heterocycles. The monoisotopic (exact) mass is 329 g/mol. The smallest absolute Gasteiger partial charge is 0.309 e. The van der Waals surface area contributed by atoms with E-state index in [-0.39, 0.29) is 11.9 Å². The molecule has 0 unspecified atom stereocenters. The summed E-state index contributed by atoms with van der Waals surface area (Å²) in [6.07, 6.45) is 6.04. The molecule has 1 saturated carbocycles. The molecule has 1 aliphatic heterocycles. The van der Waals surface area contributed by atoms with E-state index in [1.54, 1.807) is 0 Å². The van der Waals surface area contributed by atoms with Gasteiger partial charge in [-0.15, -0.1) is 0 Å². The second-order valence-corrected chi connectivity index (χ2v) is 7.89. The standard InChI is InChI=1S/C21H31NO2/c1-16(2)17-8-10-18(11-9-17)20(23)24-21(12-14-22-15-13-21)19-6-4-3-5-7-19/h3-7,16-18,22H,8-15H2,1-2H3. The summed E-state index contributed by atoms with van der Waals surface area (Å²) in [5.41, 5.74) is 0.717. The maximum atomic E-state index is 12.9. The van der Waals surface area contributed by atoms with Crippen LogP contribution < -0.4 is 5.32 Å². The van der Waals surface area contributed by atoms with Gasteiger partial charge in [0.15, 0.2) is 0 Å². The SMILES string of the molecule is CC(C)C1CCC(C(=O)OC2(c3ccccc3)CCNCC2)CC1. The van der Waals surface area contributed by atoms with Crippen LogP contribution in [0.4, 0.5) is 0 Å². The minimum Gasteiger partial charge on any atom is -0.454 e. The van der Waals surface area contributed by atoms with Gasteiger partial charge in [0.2, 0.25) is 0 Å². The van der Waals surface area contributed by atoms with Crippen molar-refractivity contribution in [2.45, 2.75) is 58.0 Å². The molecule has 1 aliphatic carbocycles. The van der Waals surface area contributed by atoms with Gasteiger partial charge in [0, 0.05) is 12.8 Å². The van der Waals surface area contributed by atoms with Crippen molar-refractivity contribution in [3.63, 3.8) is 0 Å². The molecular formula is C21H31NO2. The number of piperidine rings is 1. The van der Waals surface area contributed by atoms with E-state index in [0.717, 1.165) is 69.0 Å². The number of rotatable bonds is 4. The van der Waals surface area contributed by atoms with E-state index in [0.29, 0.717) is 0 Å². The molecule has 0 radical (unpaired) electrons. The zero-order valence-electron chi connectivity index (χ0n) is 15.1. The largest absolute Gasteiger partial charge is 0.454 e. The average molecular weight is 329 g/mol. The Balaban J connectivity index is 1.68. The molecule has 0 bridgehead atoms. The number of hydrogen-bond acceptors (Lipinski definition) is 3. The van der Waals surface area contributed by atoms with Crippen molar-refractivity contribution < 1.29 is 9.53 Å². The zero-order valence-corrected chi connectivity index (χ0v) is 15.1. The zero-order chi connectivity index (χ0) is 17.0. The molecule has 1 heterocycles. The summed E-state index contributed by atoms with van der Waals surface area (Å²) in [5.74, 6) is 1.62. The number of ether oxygens (including phenoxy) is 1. The van der Waals surface area contributed by atoms with Crippen LogP contribution in [0.15, 0.2) is 30.3 Å². The molecule has 24 heavy (non-hydrogen) atoms. The Morgan fingerprint density at radius 1 is 1.08 bits per heavy atom. The summed E-state index contributed by atoms with van der Waals surface area (Å²) in [6, 6.07) is 10.3. The molecule has 3 rings (SSSR count). The molecule has 1 aromatic rings. The molecule has 132 valence electrons. The first-order valence-electron chi connectivity index (χ1n) is 9.60. The van der Waals surface area contributed by atoms with E-state index < -0.39 is 5.60 Å². The first kappa shape index (κ1) is 17.5. The Morgan fingerprint density at radius 3 is 2.29 bits per heavy atom. The molecule has 2 aliphatic rings. The minimum absolute atomic E-state index is 0.0305. The van der Waals surface area contributed by atoms with Gasteiger partial charge >= 0.3 is 5.97 Å². The van der Waals surface area contributed by atoms with Crippen molar-refractivity contribution in [3.8, 4) is 0 Å². The summed E-state index contributed by atoms with van der Waals surface area (Å²) in [4.78, 5) is 12.9. The van der Waals surface area contributed by atoms with E-state index in [9.17, 15) is 4.79 Å². The van der Waals surface area contributed by atoms with E-state index in [1.807, 2.05) is 18.2 Å². The van der Waals surface area contributed by atoms with E-state index in [1.165, 1.54) is 0 Å². The van der Waals surface area contributed by atoms with Gasteiger partial charge < -0.3 is 10.1 Å². The minimum atomic E-state index is -0.432. The number of benzene rings is 1. The first-order chi connectivity index (χ1) is 11.6. The number of carbonyl (C=O) groups excluding carboxylic acids is 1. The number of nitrogens with one attached hydrogen (secondary N) is 1. The molecule has 0 amide bonds. The van der Waals surface area contributed by atoms with Gasteiger partial charge in [0.05, 0.1) is 5.92 Å². The van der Waals surface area contributed by atoms with Crippen molar-refractivity contribution in [1.82, 2.24) is 5.32 Å². The second-order valence-electron chi connectivity index (χ2n) is 7.89. The highest BCUT2D eigenvalue weighted by molar-refractivity contribution is 5.73. The molecule has 3 heteroatoms. The summed E-state index contributed by atoms with van der Waals surface area (Å²) < 4.78 is 6.22. The molecule has 0 spiro atoms. The van der Waals surface area contributed by atoms with Crippen LogP contribution >= 0.6 is 0 Å². The molecule has 2 fully saturated rings. The lowest BCUT2D eigenvalue weighted by molar-refractivity contribution is -0.171. The second kappa shape index (κ2) is 7.69. The van der Waals surface area contributed by atoms with Gasteiger partial charge in [-0.05, 0) is 56.2 Å². The van der Waals surface area contributed by atoms with Crippen LogP contribution in [0.1, 0.15) is 57.9 Å². The highest BCUT2D eigenvalue weighted by Gasteiger charge is 2.40. The molecule has 0 atom stereocenters. The van der Waals surface area contributed by atoms with Crippen LogP contribution in [-0.2, 0) is 15.1 Å². The molecular weight excluding hydrogens is 298 g/mol. The van der Waals surface area contributed by atoms with Crippen LogP contribution in [0.2, 0.25) is 0 Å². The van der Waals surface area contributed by atoms with Gasteiger partial charge in [0.25, 0.3) is 0 Å². The first-order valence-corrected chi connectivity index (χ1v) is 9.60. The number of carbonyl (C=O) groups is 1. The third kappa shape index (κ3) is 3.83. The fourth-order valence-corrected chi connectivity index (χ4v) is 4.32. The fraction of sp³-hybridized carbons (Fsp3) is 0.667. The van der Waals surface area contributed by atoms with Crippen molar-refractivity contribution in [2.24, 2.45) is 17.8 Å². The maximum Gasteiger partial charge on any atom is 0.309 e. The lowest BCUT2D eigenvalue weighted by atomic mass is 9.77. The summed E-state index contributed by atoms with van der Waals surface area (Å²) in [5, 5.41) is 3.39.